The smallest absolute Gasteiger partial charge is 0.122 e. The maximum Gasteiger partial charge on any atom is 0.122 e. The minimum atomic E-state index is 0.560. The Morgan fingerprint density at radius 3 is 2.75 bits per heavy atom. The first-order valence-electron chi connectivity index (χ1n) is 5.69. The van der Waals surface area contributed by atoms with Gasteiger partial charge in [-0.15, -0.1) is 0 Å². The van der Waals surface area contributed by atoms with E-state index in [2.05, 4.69) is 41.2 Å². The Morgan fingerprint density at radius 1 is 1.38 bits per heavy atom. The summed E-state index contributed by atoms with van der Waals surface area (Å²) in [6.07, 6.45) is 2.17. The molecule has 2 nitrogen and oxygen atoms in total. The van der Waals surface area contributed by atoms with Crippen LogP contribution in [0.3, 0.4) is 0 Å². The van der Waals surface area contributed by atoms with E-state index in [0.717, 1.165) is 29.6 Å². The lowest BCUT2D eigenvalue weighted by molar-refractivity contribution is 0.408. The van der Waals surface area contributed by atoms with Crippen LogP contribution in [0.2, 0.25) is 0 Å². The fourth-order valence-corrected chi connectivity index (χ4v) is 2.02. The standard InChI is InChI=1S/C13H20BrNO/c1-10(2)15-8-4-5-11-9-12(14)6-7-13(11)16-3/h6-7,9-10,15H,4-5,8H2,1-3H3. The van der Waals surface area contributed by atoms with Crippen LogP contribution < -0.4 is 10.1 Å². The van der Waals surface area contributed by atoms with Crippen molar-refractivity contribution in [2.24, 2.45) is 0 Å². The van der Waals surface area contributed by atoms with Crippen LogP contribution in [-0.4, -0.2) is 19.7 Å². The molecule has 1 aromatic rings. The Labute approximate surface area is 107 Å². The van der Waals surface area contributed by atoms with Crippen molar-refractivity contribution in [2.45, 2.75) is 32.7 Å². The monoisotopic (exact) mass is 285 g/mol. The van der Waals surface area contributed by atoms with Gasteiger partial charge in [-0.3, -0.25) is 0 Å². The minimum Gasteiger partial charge on any atom is -0.496 e. The lowest BCUT2D eigenvalue weighted by Crippen LogP contribution is -2.23. The average Bonchev–Trinajstić information content (AvgIpc) is 2.24. The number of ether oxygens (including phenoxy) is 1. The maximum atomic E-state index is 5.34. The second-order valence-electron chi connectivity index (χ2n) is 4.17. The van der Waals surface area contributed by atoms with Gasteiger partial charge in [-0.05, 0) is 43.1 Å². The Hall–Kier alpha value is -0.540. The molecule has 90 valence electrons. The summed E-state index contributed by atoms with van der Waals surface area (Å²) in [5.74, 6) is 0.979. The molecule has 0 aliphatic rings. The van der Waals surface area contributed by atoms with Crippen LogP contribution in [0.4, 0.5) is 0 Å². The number of rotatable bonds is 6. The lowest BCUT2D eigenvalue weighted by Gasteiger charge is -2.10. The second-order valence-corrected chi connectivity index (χ2v) is 5.08. The molecule has 0 fully saturated rings. The molecule has 0 saturated heterocycles. The Bertz CT molecular complexity index is 326. The van der Waals surface area contributed by atoms with Gasteiger partial charge in [0.15, 0.2) is 0 Å². The highest BCUT2D eigenvalue weighted by molar-refractivity contribution is 9.10. The van der Waals surface area contributed by atoms with Gasteiger partial charge in [0.1, 0.15) is 5.75 Å². The third kappa shape index (κ3) is 4.54. The number of hydrogen-bond acceptors (Lipinski definition) is 2. The third-order valence-corrected chi connectivity index (χ3v) is 2.91. The predicted octanol–water partition coefficient (Wildman–Crippen LogP) is 3.39. The van der Waals surface area contributed by atoms with E-state index < -0.39 is 0 Å². The van der Waals surface area contributed by atoms with Gasteiger partial charge in [0, 0.05) is 10.5 Å². The largest absolute Gasteiger partial charge is 0.496 e. The van der Waals surface area contributed by atoms with E-state index in [1.54, 1.807) is 7.11 Å². The first kappa shape index (κ1) is 13.5. The lowest BCUT2D eigenvalue weighted by atomic mass is 10.1. The molecule has 1 N–H and O–H groups in total. The highest BCUT2D eigenvalue weighted by Crippen LogP contribution is 2.23. The number of methoxy groups -OCH3 is 1. The zero-order valence-electron chi connectivity index (χ0n) is 10.2. The summed E-state index contributed by atoms with van der Waals surface area (Å²) >= 11 is 3.49. The minimum absolute atomic E-state index is 0.560. The molecule has 1 aromatic carbocycles. The number of aryl methyl sites for hydroxylation is 1. The van der Waals surface area contributed by atoms with Crippen molar-refractivity contribution in [3.8, 4) is 5.75 Å². The van der Waals surface area contributed by atoms with Crippen molar-refractivity contribution < 1.29 is 4.74 Å². The molecule has 0 heterocycles. The van der Waals surface area contributed by atoms with Crippen LogP contribution in [0, 0.1) is 0 Å². The van der Waals surface area contributed by atoms with Gasteiger partial charge in [0.2, 0.25) is 0 Å². The molecule has 16 heavy (non-hydrogen) atoms. The molecular weight excluding hydrogens is 266 g/mol. The summed E-state index contributed by atoms with van der Waals surface area (Å²) in [5, 5.41) is 3.42. The van der Waals surface area contributed by atoms with E-state index in [1.807, 2.05) is 12.1 Å². The van der Waals surface area contributed by atoms with E-state index in [-0.39, 0.29) is 0 Å². The van der Waals surface area contributed by atoms with Gasteiger partial charge in [-0.25, -0.2) is 0 Å². The first-order chi connectivity index (χ1) is 7.63. The van der Waals surface area contributed by atoms with Crippen molar-refractivity contribution in [2.75, 3.05) is 13.7 Å². The maximum absolute atomic E-state index is 5.34. The molecule has 1 rings (SSSR count). The predicted molar refractivity (Wildman–Crippen MR) is 72.2 cm³/mol. The Morgan fingerprint density at radius 2 is 2.12 bits per heavy atom. The van der Waals surface area contributed by atoms with Crippen LogP contribution in [0.15, 0.2) is 22.7 Å². The van der Waals surface area contributed by atoms with Gasteiger partial charge in [0.25, 0.3) is 0 Å². The molecule has 0 atom stereocenters. The van der Waals surface area contributed by atoms with E-state index in [9.17, 15) is 0 Å². The summed E-state index contributed by atoms with van der Waals surface area (Å²) in [6, 6.07) is 6.71. The summed E-state index contributed by atoms with van der Waals surface area (Å²) in [5.41, 5.74) is 1.27. The SMILES string of the molecule is COc1ccc(Br)cc1CCCNC(C)C. The van der Waals surface area contributed by atoms with Crippen molar-refractivity contribution in [1.82, 2.24) is 5.32 Å². The highest BCUT2D eigenvalue weighted by atomic mass is 79.9. The molecule has 0 spiro atoms. The molecule has 3 heteroatoms. The van der Waals surface area contributed by atoms with E-state index in [0.29, 0.717) is 6.04 Å². The van der Waals surface area contributed by atoms with E-state index >= 15 is 0 Å². The molecule has 0 saturated carbocycles. The van der Waals surface area contributed by atoms with Crippen LogP contribution in [-0.2, 0) is 6.42 Å². The molecular formula is C13H20BrNO. The Balaban J connectivity index is 2.48. The number of hydrogen-bond donors (Lipinski definition) is 1. The third-order valence-electron chi connectivity index (χ3n) is 2.42. The Kier molecular flexibility index (Phi) is 5.85. The molecule has 0 radical (unpaired) electrons. The van der Waals surface area contributed by atoms with Crippen LogP contribution in [0.5, 0.6) is 5.75 Å². The van der Waals surface area contributed by atoms with Gasteiger partial charge in [0.05, 0.1) is 7.11 Å². The highest BCUT2D eigenvalue weighted by Gasteiger charge is 2.03. The van der Waals surface area contributed by atoms with Crippen LogP contribution in [0.1, 0.15) is 25.8 Å². The number of benzene rings is 1. The van der Waals surface area contributed by atoms with E-state index in [4.69, 9.17) is 4.74 Å². The molecule has 0 aromatic heterocycles. The second kappa shape index (κ2) is 6.92. The van der Waals surface area contributed by atoms with E-state index in [1.165, 1.54) is 5.56 Å². The summed E-state index contributed by atoms with van der Waals surface area (Å²) in [7, 11) is 1.72. The normalized spacial score (nSPS) is 10.8. The molecule has 0 aliphatic carbocycles. The number of halogens is 1. The van der Waals surface area contributed by atoms with Crippen molar-refractivity contribution in [3.05, 3.63) is 28.2 Å². The topological polar surface area (TPSA) is 21.3 Å². The quantitative estimate of drug-likeness (QED) is 0.809. The zero-order valence-corrected chi connectivity index (χ0v) is 11.8. The van der Waals surface area contributed by atoms with Crippen LogP contribution in [0.25, 0.3) is 0 Å². The fraction of sp³-hybridized carbons (Fsp3) is 0.538. The van der Waals surface area contributed by atoms with Crippen molar-refractivity contribution in [1.29, 1.82) is 0 Å². The van der Waals surface area contributed by atoms with Gasteiger partial charge in [-0.2, -0.15) is 0 Å². The van der Waals surface area contributed by atoms with Crippen LogP contribution >= 0.6 is 15.9 Å². The molecule has 0 unspecified atom stereocenters. The van der Waals surface area contributed by atoms with Gasteiger partial charge < -0.3 is 10.1 Å². The first-order valence-corrected chi connectivity index (χ1v) is 6.48. The van der Waals surface area contributed by atoms with Crippen molar-refractivity contribution in [3.63, 3.8) is 0 Å². The van der Waals surface area contributed by atoms with Crippen molar-refractivity contribution >= 4 is 15.9 Å². The zero-order chi connectivity index (χ0) is 12.0. The molecule has 0 amide bonds. The molecule has 0 aliphatic heterocycles. The summed E-state index contributed by atoms with van der Waals surface area (Å²) in [6.45, 7) is 5.38. The fourth-order valence-electron chi connectivity index (χ4n) is 1.61. The summed E-state index contributed by atoms with van der Waals surface area (Å²) in [4.78, 5) is 0. The number of nitrogens with one attached hydrogen (secondary N) is 1. The molecule has 0 bridgehead atoms. The van der Waals surface area contributed by atoms with Gasteiger partial charge >= 0.3 is 0 Å². The summed E-state index contributed by atoms with van der Waals surface area (Å²) < 4.78 is 6.45. The van der Waals surface area contributed by atoms with Gasteiger partial charge in [-0.1, -0.05) is 29.8 Å². The average molecular weight is 286 g/mol.